The maximum atomic E-state index is 9.34. The lowest BCUT2D eigenvalue weighted by Gasteiger charge is -2.12. The van der Waals surface area contributed by atoms with Gasteiger partial charge in [-0.25, -0.2) is 0 Å². The van der Waals surface area contributed by atoms with Crippen LogP contribution in [-0.2, 0) is 0 Å². The average molecular weight is 197 g/mol. The average Bonchev–Trinajstić information content (AvgIpc) is 2.70. The Morgan fingerprint density at radius 1 is 1.57 bits per heavy atom. The van der Waals surface area contributed by atoms with Crippen molar-refractivity contribution in [1.82, 2.24) is 5.32 Å². The van der Waals surface area contributed by atoms with Crippen LogP contribution in [0.25, 0.3) is 0 Å². The summed E-state index contributed by atoms with van der Waals surface area (Å²) < 4.78 is 5.25. The predicted octanol–water partition coefficient (Wildman–Crippen LogP) is 2.09. The Labute approximate surface area is 85.1 Å². The largest absolute Gasteiger partial charge is 0.468 e. The number of furan rings is 1. The summed E-state index contributed by atoms with van der Waals surface area (Å²) in [5.74, 6) is 0.941. The van der Waals surface area contributed by atoms with E-state index in [9.17, 15) is 5.11 Å². The molecule has 0 amide bonds. The molecule has 1 aromatic heterocycles. The van der Waals surface area contributed by atoms with Gasteiger partial charge in [-0.15, -0.1) is 0 Å². The number of aliphatic hydroxyl groups is 1. The first-order chi connectivity index (χ1) is 6.74. The Bertz CT molecular complexity index is 233. The zero-order valence-electron chi connectivity index (χ0n) is 8.86. The van der Waals surface area contributed by atoms with E-state index in [0.717, 1.165) is 25.1 Å². The summed E-state index contributed by atoms with van der Waals surface area (Å²) in [7, 11) is 0. The fourth-order valence-electron chi connectivity index (χ4n) is 1.31. The van der Waals surface area contributed by atoms with Gasteiger partial charge in [0.1, 0.15) is 5.76 Å². The summed E-state index contributed by atoms with van der Waals surface area (Å²) in [6.07, 6.45) is 3.10. The molecule has 0 saturated carbocycles. The number of aliphatic hydroxyl groups excluding tert-OH is 1. The van der Waals surface area contributed by atoms with Gasteiger partial charge in [0.15, 0.2) is 0 Å². The maximum absolute atomic E-state index is 9.34. The first kappa shape index (κ1) is 11.3. The molecule has 0 aliphatic rings. The van der Waals surface area contributed by atoms with Crippen molar-refractivity contribution in [3.63, 3.8) is 0 Å². The first-order valence-corrected chi connectivity index (χ1v) is 5.19. The zero-order valence-corrected chi connectivity index (χ0v) is 8.86. The van der Waals surface area contributed by atoms with Crippen LogP contribution < -0.4 is 5.32 Å². The zero-order chi connectivity index (χ0) is 10.4. The molecular formula is C11H19NO2. The second-order valence-corrected chi connectivity index (χ2v) is 3.54. The summed E-state index contributed by atoms with van der Waals surface area (Å²) in [5, 5.41) is 12.6. The van der Waals surface area contributed by atoms with Crippen LogP contribution in [0.15, 0.2) is 22.8 Å². The third kappa shape index (κ3) is 3.52. The van der Waals surface area contributed by atoms with Crippen LogP contribution in [0.2, 0.25) is 0 Å². The quantitative estimate of drug-likeness (QED) is 0.734. The molecule has 1 aromatic rings. The topological polar surface area (TPSA) is 45.4 Å². The standard InChI is InChI=1S/C11H19NO2/c1-3-10(13)6-7-12-9(2)11-5-4-8-14-11/h4-5,8-10,12-13H,3,6-7H2,1-2H3. The van der Waals surface area contributed by atoms with Crippen LogP contribution in [-0.4, -0.2) is 17.8 Å². The van der Waals surface area contributed by atoms with Crippen LogP contribution in [0.1, 0.15) is 38.5 Å². The van der Waals surface area contributed by atoms with Gasteiger partial charge in [0.2, 0.25) is 0 Å². The summed E-state index contributed by atoms with van der Waals surface area (Å²) in [6, 6.07) is 4.05. The Balaban J connectivity index is 2.19. The van der Waals surface area contributed by atoms with E-state index in [1.165, 1.54) is 0 Å². The number of rotatable bonds is 6. The molecule has 0 saturated heterocycles. The van der Waals surface area contributed by atoms with Gasteiger partial charge in [0.25, 0.3) is 0 Å². The Hall–Kier alpha value is -0.800. The van der Waals surface area contributed by atoms with Crippen LogP contribution in [0.4, 0.5) is 0 Å². The lowest BCUT2D eigenvalue weighted by atomic mass is 10.2. The molecule has 3 heteroatoms. The van der Waals surface area contributed by atoms with Gasteiger partial charge in [0.05, 0.1) is 18.4 Å². The molecule has 1 heterocycles. The molecule has 0 spiro atoms. The Morgan fingerprint density at radius 2 is 2.36 bits per heavy atom. The van der Waals surface area contributed by atoms with Gasteiger partial charge >= 0.3 is 0 Å². The van der Waals surface area contributed by atoms with E-state index in [-0.39, 0.29) is 12.1 Å². The minimum atomic E-state index is -0.189. The molecule has 0 aliphatic carbocycles. The van der Waals surface area contributed by atoms with E-state index in [1.807, 2.05) is 19.1 Å². The summed E-state index contributed by atoms with van der Waals surface area (Å²) >= 11 is 0. The van der Waals surface area contributed by atoms with Crippen LogP contribution in [0.3, 0.4) is 0 Å². The summed E-state index contributed by atoms with van der Waals surface area (Å²) in [5.41, 5.74) is 0. The van der Waals surface area contributed by atoms with Gasteiger partial charge in [0, 0.05) is 0 Å². The molecule has 1 rings (SSSR count). The molecule has 2 unspecified atom stereocenters. The number of hydrogen-bond donors (Lipinski definition) is 2. The van der Waals surface area contributed by atoms with E-state index in [1.54, 1.807) is 6.26 Å². The SMILES string of the molecule is CCC(O)CCNC(C)c1ccco1. The highest BCUT2D eigenvalue weighted by atomic mass is 16.3. The monoisotopic (exact) mass is 197 g/mol. The minimum Gasteiger partial charge on any atom is -0.468 e. The van der Waals surface area contributed by atoms with Crippen molar-refractivity contribution >= 4 is 0 Å². The van der Waals surface area contributed by atoms with Gasteiger partial charge in [-0.05, 0) is 38.4 Å². The Kier molecular flexibility index (Phi) is 4.70. The highest BCUT2D eigenvalue weighted by molar-refractivity contribution is 5.02. The number of hydrogen-bond acceptors (Lipinski definition) is 3. The van der Waals surface area contributed by atoms with Crippen molar-refractivity contribution < 1.29 is 9.52 Å². The summed E-state index contributed by atoms with van der Waals surface area (Å²) in [6.45, 7) is 4.86. The molecule has 0 bridgehead atoms. The minimum absolute atomic E-state index is 0.189. The smallest absolute Gasteiger partial charge is 0.120 e. The van der Waals surface area contributed by atoms with Crippen LogP contribution in [0.5, 0.6) is 0 Å². The molecule has 14 heavy (non-hydrogen) atoms. The van der Waals surface area contributed by atoms with Crippen molar-refractivity contribution in [2.45, 2.75) is 38.8 Å². The van der Waals surface area contributed by atoms with E-state index >= 15 is 0 Å². The van der Waals surface area contributed by atoms with Crippen LogP contribution >= 0.6 is 0 Å². The van der Waals surface area contributed by atoms with E-state index < -0.39 is 0 Å². The van der Waals surface area contributed by atoms with Crippen molar-refractivity contribution in [2.24, 2.45) is 0 Å². The molecule has 2 atom stereocenters. The molecule has 0 aromatic carbocycles. The van der Waals surface area contributed by atoms with Crippen molar-refractivity contribution in [1.29, 1.82) is 0 Å². The predicted molar refractivity (Wildman–Crippen MR) is 56.0 cm³/mol. The molecule has 3 nitrogen and oxygen atoms in total. The van der Waals surface area contributed by atoms with Crippen molar-refractivity contribution in [3.8, 4) is 0 Å². The lowest BCUT2D eigenvalue weighted by molar-refractivity contribution is 0.158. The first-order valence-electron chi connectivity index (χ1n) is 5.19. The molecule has 2 N–H and O–H groups in total. The van der Waals surface area contributed by atoms with Crippen molar-refractivity contribution in [3.05, 3.63) is 24.2 Å². The molecule has 80 valence electrons. The third-order valence-electron chi connectivity index (χ3n) is 2.37. The fourth-order valence-corrected chi connectivity index (χ4v) is 1.31. The molecular weight excluding hydrogens is 178 g/mol. The van der Waals surface area contributed by atoms with Gasteiger partial charge in [-0.1, -0.05) is 6.92 Å². The number of nitrogens with one attached hydrogen (secondary N) is 1. The maximum Gasteiger partial charge on any atom is 0.120 e. The van der Waals surface area contributed by atoms with Gasteiger partial charge in [-0.2, -0.15) is 0 Å². The molecule has 0 aliphatic heterocycles. The Morgan fingerprint density at radius 3 is 2.93 bits per heavy atom. The van der Waals surface area contributed by atoms with E-state index in [4.69, 9.17) is 4.42 Å². The van der Waals surface area contributed by atoms with Gasteiger partial charge in [-0.3, -0.25) is 0 Å². The van der Waals surface area contributed by atoms with Crippen molar-refractivity contribution in [2.75, 3.05) is 6.54 Å². The van der Waals surface area contributed by atoms with E-state index in [0.29, 0.717) is 0 Å². The third-order valence-corrected chi connectivity index (χ3v) is 2.37. The lowest BCUT2D eigenvalue weighted by Crippen LogP contribution is -2.22. The van der Waals surface area contributed by atoms with Gasteiger partial charge < -0.3 is 14.8 Å². The fraction of sp³-hybridized carbons (Fsp3) is 0.636. The second kappa shape index (κ2) is 5.83. The highest BCUT2D eigenvalue weighted by Gasteiger charge is 2.07. The highest BCUT2D eigenvalue weighted by Crippen LogP contribution is 2.11. The second-order valence-electron chi connectivity index (χ2n) is 3.54. The summed E-state index contributed by atoms with van der Waals surface area (Å²) in [4.78, 5) is 0. The molecule has 0 radical (unpaired) electrons. The normalized spacial score (nSPS) is 15.4. The van der Waals surface area contributed by atoms with Crippen LogP contribution in [0, 0.1) is 0 Å². The van der Waals surface area contributed by atoms with E-state index in [2.05, 4.69) is 12.2 Å². The molecule has 0 fully saturated rings.